The molecule has 0 saturated carbocycles. The van der Waals surface area contributed by atoms with Gasteiger partial charge in [0, 0.05) is 0 Å². The smallest absolute Gasteiger partial charge is 0.198 e. The fraction of sp³-hybridized carbons (Fsp3) is 0.571. The molecule has 0 aromatic rings. The van der Waals surface area contributed by atoms with Gasteiger partial charge in [0.2, 0.25) is 0 Å². The Labute approximate surface area is 127 Å². The maximum Gasteiger partial charge on any atom is 0.459 e. The second kappa shape index (κ2) is 5.26. The molecule has 0 aromatic heterocycles. The van der Waals surface area contributed by atoms with Crippen LogP contribution in [0.25, 0.3) is 0 Å². The summed E-state index contributed by atoms with van der Waals surface area (Å²) < 4.78 is 91.1. The SMILES string of the molecule is CC(C)(C)C1=CC(C(F)(F)C(F)(F)C(F)(F)F)C(C#N)=C1C#N. The molecule has 0 aliphatic heterocycles. The Hall–Kier alpha value is -2.03. The molecule has 0 saturated heterocycles. The first-order valence-electron chi connectivity index (χ1n) is 6.22. The zero-order chi connectivity index (χ0) is 18.4. The van der Waals surface area contributed by atoms with Crippen LogP contribution < -0.4 is 0 Å². The summed E-state index contributed by atoms with van der Waals surface area (Å²) in [5.41, 5.74) is -2.85. The zero-order valence-electron chi connectivity index (χ0n) is 12.2. The molecule has 1 aliphatic rings. The number of hydrogen-bond acceptors (Lipinski definition) is 2. The summed E-state index contributed by atoms with van der Waals surface area (Å²) in [4.78, 5) is 0. The van der Waals surface area contributed by atoms with Crippen LogP contribution in [-0.4, -0.2) is 18.0 Å². The molecule has 126 valence electrons. The number of rotatable bonds is 2. The van der Waals surface area contributed by atoms with Crippen LogP contribution in [-0.2, 0) is 0 Å². The largest absolute Gasteiger partial charge is 0.459 e. The van der Waals surface area contributed by atoms with Crippen LogP contribution in [0.4, 0.5) is 30.7 Å². The number of halogens is 7. The molecular formula is C14H11F7N2. The van der Waals surface area contributed by atoms with Gasteiger partial charge in [0.25, 0.3) is 0 Å². The van der Waals surface area contributed by atoms with Crippen molar-refractivity contribution >= 4 is 0 Å². The van der Waals surface area contributed by atoms with E-state index < -0.39 is 40.5 Å². The molecule has 1 atom stereocenters. The van der Waals surface area contributed by atoms with E-state index in [1.165, 1.54) is 32.9 Å². The minimum absolute atomic E-state index is 0.167. The Kier molecular flexibility index (Phi) is 4.35. The van der Waals surface area contributed by atoms with Gasteiger partial charge in [-0.2, -0.15) is 41.3 Å². The second-order valence-corrected chi connectivity index (χ2v) is 6.02. The highest BCUT2D eigenvalue weighted by molar-refractivity contribution is 5.60. The van der Waals surface area contributed by atoms with Crippen LogP contribution in [0.15, 0.2) is 22.8 Å². The van der Waals surface area contributed by atoms with Crippen molar-refractivity contribution in [1.82, 2.24) is 0 Å². The molecule has 0 fully saturated rings. The molecule has 0 N–H and O–H groups in total. The summed E-state index contributed by atoms with van der Waals surface area (Å²) in [5.74, 6) is -14.8. The van der Waals surface area contributed by atoms with Gasteiger partial charge in [-0.1, -0.05) is 26.8 Å². The minimum Gasteiger partial charge on any atom is -0.198 e. The van der Waals surface area contributed by atoms with Crippen LogP contribution in [0.1, 0.15) is 20.8 Å². The molecule has 0 heterocycles. The van der Waals surface area contributed by atoms with Crippen LogP contribution in [0.5, 0.6) is 0 Å². The fourth-order valence-electron chi connectivity index (χ4n) is 2.18. The first-order valence-corrected chi connectivity index (χ1v) is 6.22. The van der Waals surface area contributed by atoms with Crippen LogP contribution >= 0.6 is 0 Å². The standard InChI is InChI=1S/C14H11F7N2/c1-11(2,3)9-4-10(8(6-23)7(9)5-22)12(15,16)13(17,18)14(19,20)21/h4,10H,1-3H3. The maximum absolute atomic E-state index is 13.9. The molecule has 9 heteroatoms. The number of nitriles is 2. The van der Waals surface area contributed by atoms with Gasteiger partial charge in [-0.3, -0.25) is 0 Å². The van der Waals surface area contributed by atoms with Crippen molar-refractivity contribution in [3.63, 3.8) is 0 Å². The van der Waals surface area contributed by atoms with Crippen LogP contribution in [0.2, 0.25) is 0 Å². The quantitative estimate of drug-likeness (QED) is 0.680. The Morgan fingerprint density at radius 2 is 1.39 bits per heavy atom. The van der Waals surface area contributed by atoms with E-state index in [4.69, 9.17) is 10.5 Å². The first kappa shape index (κ1) is 19.0. The lowest BCUT2D eigenvalue weighted by atomic mass is 9.83. The first-order chi connectivity index (χ1) is 10.1. The van der Waals surface area contributed by atoms with E-state index in [1.807, 2.05) is 0 Å². The van der Waals surface area contributed by atoms with Crippen molar-refractivity contribution < 1.29 is 30.7 Å². The van der Waals surface area contributed by atoms with Gasteiger partial charge in [0.05, 0.1) is 23.1 Å². The van der Waals surface area contributed by atoms with Crippen LogP contribution in [0, 0.1) is 34.0 Å². The highest BCUT2D eigenvalue weighted by atomic mass is 19.4. The van der Waals surface area contributed by atoms with Crippen molar-refractivity contribution in [3.8, 4) is 12.1 Å². The molecule has 0 radical (unpaired) electrons. The Bertz CT molecular complexity index is 649. The van der Waals surface area contributed by atoms with Gasteiger partial charge >= 0.3 is 18.0 Å². The lowest BCUT2D eigenvalue weighted by Crippen LogP contribution is -2.55. The van der Waals surface area contributed by atoms with E-state index in [1.54, 1.807) is 0 Å². The number of nitrogens with zero attached hydrogens (tertiary/aromatic N) is 2. The molecule has 2 nitrogen and oxygen atoms in total. The third-order valence-electron chi connectivity index (χ3n) is 3.39. The molecular weight excluding hydrogens is 329 g/mol. The summed E-state index contributed by atoms with van der Waals surface area (Å²) >= 11 is 0. The van der Waals surface area contributed by atoms with Gasteiger partial charge in [0.15, 0.2) is 0 Å². The molecule has 0 bridgehead atoms. The zero-order valence-corrected chi connectivity index (χ0v) is 12.2. The van der Waals surface area contributed by atoms with E-state index in [2.05, 4.69) is 0 Å². The maximum atomic E-state index is 13.9. The van der Waals surface area contributed by atoms with Crippen molar-refractivity contribution in [2.24, 2.45) is 11.3 Å². The van der Waals surface area contributed by atoms with Gasteiger partial charge < -0.3 is 0 Å². The normalized spacial score (nSPS) is 20.2. The Balaban J connectivity index is 3.61. The predicted octanol–water partition coefficient (Wildman–Crippen LogP) is 4.77. The molecule has 1 rings (SSSR count). The average molecular weight is 340 g/mol. The van der Waals surface area contributed by atoms with Gasteiger partial charge in [-0.05, 0) is 11.0 Å². The monoisotopic (exact) mass is 340 g/mol. The fourth-order valence-corrected chi connectivity index (χ4v) is 2.18. The molecule has 23 heavy (non-hydrogen) atoms. The van der Waals surface area contributed by atoms with Crippen LogP contribution in [0.3, 0.4) is 0 Å². The number of hydrogen-bond donors (Lipinski definition) is 0. The molecule has 0 aromatic carbocycles. The van der Waals surface area contributed by atoms with Gasteiger partial charge in [-0.15, -0.1) is 0 Å². The second-order valence-electron chi connectivity index (χ2n) is 6.02. The number of alkyl halides is 7. The lowest BCUT2D eigenvalue weighted by Gasteiger charge is -2.31. The highest BCUT2D eigenvalue weighted by Crippen LogP contribution is 2.55. The topological polar surface area (TPSA) is 47.6 Å². The van der Waals surface area contributed by atoms with E-state index in [-0.39, 0.29) is 5.57 Å². The lowest BCUT2D eigenvalue weighted by molar-refractivity contribution is -0.360. The van der Waals surface area contributed by atoms with Crippen molar-refractivity contribution in [2.45, 2.75) is 38.8 Å². The van der Waals surface area contributed by atoms with Crippen molar-refractivity contribution in [1.29, 1.82) is 10.5 Å². The summed E-state index contributed by atoms with van der Waals surface area (Å²) in [7, 11) is 0. The summed E-state index contributed by atoms with van der Waals surface area (Å²) in [5, 5.41) is 17.9. The number of allylic oxidation sites excluding steroid dienone is 4. The summed E-state index contributed by atoms with van der Waals surface area (Å²) in [6.07, 6.45) is -6.04. The molecule has 0 spiro atoms. The Morgan fingerprint density at radius 3 is 1.70 bits per heavy atom. The van der Waals surface area contributed by atoms with Gasteiger partial charge in [0.1, 0.15) is 6.07 Å². The van der Waals surface area contributed by atoms with Crippen molar-refractivity contribution in [2.75, 3.05) is 0 Å². The Morgan fingerprint density at radius 1 is 0.913 bits per heavy atom. The molecule has 0 amide bonds. The third kappa shape index (κ3) is 2.80. The predicted molar refractivity (Wildman–Crippen MR) is 65.2 cm³/mol. The summed E-state index contributed by atoms with van der Waals surface area (Å²) in [6.45, 7) is 4.36. The minimum atomic E-state index is -6.50. The van der Waals surface area contributed by atoms with E-state index in [9.17, 15) is 30.7 Å². The molecule has 1 unspecified atom stereocenters. The third-order valence-corrected chi connectivity index (χ3v) is 3.39. The van der Waals surface area contributed by atoms with E-state index in [0.717, 1.165) is 0 Å². The van der Waals surface area contributed by atoms with E-state index >= 15 is 0 Å². The van der Waals surface area contributed by atoms with E-state index in [0.29, 0.717) is 6.08 Å². The highest BCUT2D eigenvalue weighted by Gasteiger charge is 2.75. The van der Waals surface area contributed by atoms with Crippen molar-refractivity contribution in [3.05, 3.63) is 22.8 Å². The average Bonchev–Trinajstić information content (AvgIpc) is 2.75. The summed E-state index contributed by atoms with van der Waals surface area (Å²) in [6, 6.07) is 2.61. The molecule has 1 aliphatic carbocycles. The van der Waals surface area contributed by atoms with Gasteiger partial charge in [-0.25, -0.2) is 0 Å².